The maximum Gasteiger partial charge on any atom is 0.258 e. The Morgan fingerprint density at radius 3 is 2.79 bits per heavy atom. The van der Waals surface area contributed by atoms with Crippen molar-refractivity contribution >= 4 is 16.9 Å². The molecule has 1 aliphatic heterocycles. The van der Waals surface area contributed by atoms with Gasteiger partial charge in [-0.2, -0.15) is 5.10 Å². The van der Waals surface area contributed by atoms with Gasteiger partial charge in [-0.25, -0.2) is 4.98 Å². The largest absolute Gasteiger partial charge is 0.328 e. The second kappa shape index (κ2) is 4.98. The van der Waals surface area contributed by atoms with Gasteiger partial charge < -0.3 is 4.90 Å². The van der Waals surface area contributed by atoms with E-state index >= 15 is 0 Å². The van der Waals surface area contributed by atoms with Gasteiger partial charge in [-0.15, -0.1) is 0 Å². The summed E-state index contributed by atoms with van der Waals surface area (Å²) in [6.45, 7) is 2.40. The number of rotatable bonds is 1. The highest BCUT2D eigenvalue weighted by Gasteiger charge is 2.29. The SMILES string of the molecule is Cc1nc2c(c(=O)n1C)CN(C(=O)c1cnc3cnn(C)c3c1)C2. The van der Waals surface area contributed by atoms with Crippen molar-refractivity contribution in [1.82, 2.24) is 29.2 Å². The molecule has 3 aromatic rings. The van der Waals surface area contributed by atoms with Crippen molar-refractivity contribution < 1.29 is 4.79 Å². The molecule has 3 aromatic heterocycles. The van der Waals surface area contributed by atoms with E-state index in [1.807, 2.05) is 0 Å². The minimum atomic E-state index is -0.164. The van der Waals surface area contributed by atoms with Crippen molar-refractivity contribution in [2.75, 3.05) is 0 Å². The molecular weight excluding hydrogens is 308 g/mol. The van der Waals surface area contributed by atoms with Gasteiger partial charge in [0.1, 0.15) is 11.3 Å². The van der Waals surface area contributed by atoms with Crippen molar-refractivity contribution in [3.8, 4) is 0 Å². The zero-order chi connectivity index (χ0) is 17.0. The number of aryl methyl sites for hydroxylation is 2. The molecule has 24 heavy (non-hydrogen) atoms. The number of carbonyl (C=O) groups excluding carboxylic acids is 1. The molecule has 0 N–H and O–H groups in total. The van der Waals surface area contributed by atoms with Crippen LogP contribution in [0.5, 0.6) is 0 Å². The second-order valence-corrected chi connectivity index (χ2v) is 6.01. The molecule has 8 heteroatoms. The summed E-state index contributed by atoms with van der Waals surface area (Å²) >= 11 is 0. The first kappa shape index (κ1) is 14.6. The lowest BCUT2D eigenvalue weighted by atomic mass is 10.2. The van der Waals surface area contributed by atoms with Crippen molar-refractivity contribution in [2.45, 2.75) is 20.0 Å². The van der Waals surface area contributed by atoms with Crippen LogP contribution in [0.25, 0.3) is 11.0 Å². The summed E-state index contributed by atoms with van der Waals surface area (Å²) in [5.41, 5.74) is 3.19. The van der Waals surface area contributed by atoms with Crippen LogP contribution in [0, 0.1) is 6.92 Å². The van der Waals surface area contributed by atoms with E-state index in [-0.39, 0.29) is 18.0 Å². The van der Waals surface area contributed by atoms with E-state index in [1.54, 1.807) is 49.1 Å². The molecule has 0 radical (unpaired) electrons. The van der Waals surface area contributed by atoms with Crippen molar-refractivity contribution in [3.63, 3.8) is 0 Å². The topological polar surface area (TPSA) is 85.9 Å². The fourth-order valence-electron chi connectivity index (χ4n) is 3.00. The molecule has 0 unspecified atom stereocenters. The Bertz CT molecular complexity index is 1050. The van der Waals surface area contributed by atoms with Gasteiger partial charge in [0.25, 0.3) is 11.5 Å². The zero-order valence-electron chi connectivity index (χ0n) is 13.6. The molecule has 0 saturated heterocycles. The summed E-state index contributed by atoms with van der Waals surface area (Å²) in [6.07, 6.45) is 3.21. The molecule has 0 spiro atoms. The zero-order valence-corrected chi connectivity index (χ0v) is 13.6. The van der Waals surface area contributed by atoms with Crippen molar-refractivity contribution in [2.24, 2.45) is 14.1 Å². The van der Waals surface area contributed by atoms with Gasteiger partial charge in [0.2, 0.25) is 0 Å². The van der Waals surface area contributed by atoms with Gasteiger partial charge in [-0.05, 0) is 13.0 Å². The monoisotopic (exact) mass is 324 g/mol. The average molecular weight is 324 g/mol. The standard InChI is InChI=1S/C16H16N6O2/c1-9-19-13-8-22(7-11(13)16(24)20(9)2)15(23)10-4-14-12(17-5-10)6-18-21(14)3/h4-6H,7-8H2,1-3H3. The van der Waals surface area contributed by atoms with E-state index in [1.165, 1.54) is 4.57 Å². The molecule has 0 saturated carbocycles. The van der Waals surface area contributed by atoms with Crippen LogP contribution in [0.3, 0.4) is 0 Å². The number of hydrogen-bond acceptors (Lipinski definition) is 5. The minimum absolute atomic E-state index is 0.0898. The van der Waals surface area contributed by atoms with E-state index in [9.17, 15) is 9.59 Å². The lowest BCUT2D eigenvalue weighted by molar-refractivity contribution is 0.0750. The molecule has 0 bridgehead atoms. The molecule has 0 atom stereocenters. The molecule has 0 aromatic carbocycles. The number of aromatic nitrogens is 5. The lowest BCUT2D eigenvalue weighted by Crippen LogP contribution is -2.27. The normalized spacial score (nSPS) is 13.5. The number of amides is 1. The van der Waals surface area contributed by atoms with E-state index in [2.05, 4.69) is 15.1 Å². The van der Waals surface area contributed by atoms with Gasteiger partial charge in [-0.1, -0.05) is 0 Å². The minimum Gasteiger partial charge on any atom is -0.328 e. The second-order valence-electron chi connectivity index (χ2n) is 6.01. The molecule has 4 heterocycles. The van der Waals surface area contributed by atoms with Crippen LogP contribution in [0.1, 0.15) is 27.4 Å². The average Bonchev–Trinajstić information content (AvgIpc) is 3.16. The number of fused-ring (bicyclic) bond motifs is 2. The van der Waals surface area contributed by atoms with Crippen LogP contribution in [-0.4, -0.2) is 35.1 Å². The molecule has 1 amide bonds. The van der Waals surface area contributed by atoms with Crippen LogP contribution in [0.2, 0.25) is 0 Å². The quantitative estimate of drug-likeness (QED) is 0.651. The first-order chi connectivity index (χ1) is 11.5. The lowest BCUT2D eigenvalue weighted by Gasteiger charge is -2.14. The Balaban J connectivity index is 1.69. The Morgan fingerprint density at radius 2 is 2.00 bits per heavy atom. The number of pyridine rings is 1. The predicted octanol–water partition coefficient (Wildman–Crippen LogP) is 0.526. The van der Waals surface area contributed by atoms with Crippen LogP contribution >= 0.6 is 0 Å². The summed E-state index contributed by atoms with van der Waals surface area (Å²) in [6, 6.07) is 1.78. The van der Waals surface area contributed by atoms with Gasteiger partial charge in [0.15, 0.2) is 0 Å². The Morgan fingerprint density at radius 1 is 1.21 bits per heavy atom. The third-order valence-electron chi connectivity index (χ3n) is 4.52. The highest BCUT2D eigenvalue weighted by Crippen LogP contribution is 2.21. The molecule has 1 aliphatic rings. The van der Waals surface area contributed by atoms with E-state index < -0.39 is 0 Å². The van der Waals surface area contributed by atoms with Gasteiger partial charge in [0.05, 0.1) is 41.6 Å². The molecular formula is C16H16N6O2. The van der Waals surface area contributed by atoms with Crippen LogP contribution < -0.4 is 5.56 Å². The smallest absolute Gasteiger partial charge is 0.258 e. The van der Waals surface area contributed by atoms with Crippen LogP contribution in [-0.2, 0) is 27.2 Å². The van der Waals surface area contributed by atoms with Crippen LogP contribution in [0.4, 0.5) is 0 Å². The summed E-state index contributed by atoms with van der Waals surface area (Å²) in [5.74, 6) is 0.481. The van der Waals surface area contributed by atoms with Crippen molar-refractivity contribution in [1.29, 1.82) is 0 Å². The first-order valence-corrected chi connectivity index (χ1v) is 7.58. The molecule has 0 aliphatic carbocycles. The highest BCUT2D eigenvalue weighted by atomic mass is 16.2. The molecule has 8 nitrogen and oxygen atoms in total. The molecule has 4 rings (SSSR count). The molecule has 122 valence electrons. The maximum atomic E-state index is 12.8. The predicted molar refractivity (Wildman–Crippen MR) is 86.3 cm³/mol. The van der Waals surface area contributed by atoms with Crippen molar-refractivity contribution in [3.05, 3.63) is 51.5 Å². The molecule has 0 fully saturated rings. The van der Waals surface area contributed by atoms with Gasteiger partial charge in [-0.3, -0.25) is 23.8 Å². The number of nitrogens with zero attached hydrogens (tertiary/aromatic N) is 6. The summed E-state index contributed by atoms with van der Waals surface area (Å²) in [5, 5.41) is 4.13. The van der Waals surface area contributed by atoms with Gasteiger partial charge in [0, 0.05) is 20.3 Å². The Kier molecular flexibility index (Phi) is 3.02. The van der Waals surface area contributed by atoms with E-state index in [0.29, 0.717) is 29.2 Å². The maximum absolute atomic E-state index is 12.8. The fraction of sp³-hybridized carbons (Fsp3) is 0.312. The first-order valence-electron chi connectivity index (χ1n) is 7.58. The van der Waals surface area contributed by atoms with E-state index in [0.717, 1.165) is 11.0 Å². The number of carbonyl (C=O) groups is 1. The third kappa shape index (κ3) is 2.03. The van der Waals surface area contributed by atoms with Gasteiger partial charge >= 0.3 is 0 Å². The van der Waals surface area contributed by atoms with Crippen LogP contribution in [0.15, 0.2) is 23.3 Å². The third-order valence-corrected chi connectivity index (χ3v) is 4.52. The Labute approximate surface area is 137 Å². The van der Waals surface area contributed by atoms with E-state index in [4.69, 9.17) is 0 Å². The fourth-order valence-corrected chi connectivity index (χ4v) is 3.00. The Hall–Kier alpha value is -3.03. The summed E-state index contributed by atoms with van der Waals surface area (Å²) in [7, 11) is 3.50. The highest BCUT2D eigenvalue weighted by molar-refractivity contribution is 5.96. The summed E-state index contributed by atoms with van der Waals surface area (Å²) < 4.78 is 3.19. The number of hydrogen-bond donors (Lipinski definition) is 0. The summed E-state index contributed by atoms with van der Waals surface area (Å²) in [4.78, 5) is 35.5.